The SMILES string of the molecule is COc1ccccc1C(=O)NCC(=O)OCC(=O)c1ccc(N2CCCC2=O)cc1. The Hall–Kier alpha value is -3.68. The van der Waals surface area contributed by atoms with Crippen molar-refractivity contribution in [2.45, 2.75) is 12.8 Å². The largest absolute Gasteiger partial charge is 0.496 e. The van der Waals surface area contributed by atoms with Gasteiger partial charge in [-0.3, -0.25) is 19.2 Å². The number of methoxy groups -OCH3 is 1. The summed E-state index contributed by atoms with van der Waals surface area (Å²) < 4.78 is 10.1. The van der Waals surface area contributed by atoms with Crippen LogP contribution in [-0.4, -0.2) is 50.4 Å². The molecule has 0 atom stereocenters. The molecule has 2 aromatic carbocycles. The Morgan fingerprint density at radius 3 is 2.47 bits per heavy atom. The van der Waals surface area contributed by atoms with Crippen LogP contribution in [0, 0.1) is 0 Å². The van der Waals surface area contributed by atoms with Crippen molar-refractivity contribution in [2.75, 3.05) is 31.7 Å². The molecule has 156 valence electrons. The molecule has 3 rings (SSSR count). The minimum Gasteiger partial charge on any atom is -0.496 e. The second kappa shape index (κ2) is 9.69. The zero-order valence-electron chi connectivity index (χ0n) is 16.6. The molecular formula is C22H22N2O6. The van der Waals surface area contributed by atoms with Crippen molar-refractivity contribution in [1.82, 2.24) is 5.32 Å². The van der Waals surface area contributed by atoms with Crippen molar-refractivity contribution in [2.24, 2.45) is 0 Å². The van der Waals surface area contributed by atoms with Crippen LogP contribution < -0.4 is 15.0 Å². The first-order valence-corrected chi connectivity index (χ1v) is 9.50. The number of anilines is 1. The average Bonchev–Trinajstić information content (AvgIpc) is 3.21. The van der Waals surface area contributed by atoms with Crippen LogP contribution in [0.5, 0.6) is 5.75 Å². The first-order valence-electron chi connectivity index (χ1n) is 9.50. The Morgan fingerprint density at radius 2 is 1.80 bits per heavy atom. The molecule has 0 spiro atoms. The molecule has 2 aromatic rings. The first kappa shape index (κ1) is 21.0. The van der Waals surface area contributed by atoms with E-state index in [1.807, 2.05) is 0 Å². The van der Waals surface area contributed by atoms with Gasteiger partial charge in [0.2, 0.25) is 5.91 Å². The molecule has 0 radical (unpaired) electrons. The van der Waals surface area contributed by atoms with Crippen LogP contribution in [-0.2, 0) is 14.3 Å². The third-order valence-corrected chi connectivity index (χ3v) is 4.68. The molecule has 1 N–H and O–H groups in total. The lowest BCUT2D eigenvalue weighted by molar-refractivity contribution is -0.141. The monoisotopic (exact) mass is 410 g/mol. The van der Waals surface area contributed by atoms with Crippen LogP contribution in [0.15, 0.2) is 48.5 Å². The molecule has 8 nitrogen and oxygen atoms in total. The number of rotatable bonds is 8. The predicted molar refractivity (Wildman–Crippen MR) is 109 cm³/mol. The van der Waals surface area contributed by atoms with Gasteiger partial charge < -0.3 is 19.7 Å². The van der Waals surface area contributed by atoms with Crippen LogP contribution in [0.25, 0.3) is 0 Å². The predicted octanol–water partition coefficient (Wildman–Crippen LogP) is 1.98. The molecule has 2 amide bonds. The molecule has 1 aliphatic heterocycles. The number of hydrogen-bond donors (Lipinski definition) is 1. The van der Waals surface area contributed by atoms with E-state index in [0.717, 1.165) is 12.1 Å². The molecule has 8 heteroatoms. The lowest BCUT2D eigenvalue weighted by Crippen LogP contribution is -2.31. The Kier molecular flexibility index (Phi) is 6.79. The molecular weight excluding hydrogens is 388 g/mol. The Labute approximate surface area is 173 Å². The highest BCUT2D eigenvalue weighted by Crippen LogP contribution is 2.21. The number of ether oxygens (including phenoxy) is 2. The van der Waals surface area contributed by atoms with Gasteiger partial charge in [0.05, 0.1) is 12.7 Å². The molecule has 0 saturated carbocycles. The molecule has 1 saturated heterocycles. The van der Waals surface area contributed by atoms with E-state index in [4.69, 9.17) is 9.47 Å². The first-order chi connectivity index (χ1) is 14.5. The molecule has 0 aromatic heterocycles. The summed E-state index contributed by atoms with van der Waals surface area (Å²) in [4.78, 5) is 49.7. The molecule has 0 unspecified atom stereocenters. The summed E-state index contributed by atoms with van der Waals surface area (Å²) in [6, 6.07) is 13.2. The maximum atomic E-state index is 12.2. The second-order valence-corrected chi connectivity index (χ2v) is 6.66. The van der Waals surface area contributed by atoms with Gasteiger partial charge in [-0.15, -0.1) is 0 Å². The highest BCUT2D eigenvalue weighted by atomic mass is 16.5. The van der Waals surface area contributed by atoms with E-state index in [1.54, 1.807) is 53.4 Å². The van der Waals surface area contributed by atoms with E-state index in [0.29, 0.717) is 29.8 Å². The lowest BCUT2D eigenvalue weighted by Gasteiger charge is -2.15. The normalized spacial score (nSPS) is 13.1. The van der Waals surface area contributed by atoms with Gasteiger partial charge in [0.25, 0.3) is 5.91 Å². The van der Waals surface area contributed by atoms with Gasteiger partial charge in [-0.05, 0) is 42.8 Å². The minimum absolute atomic E-state index is 0.0678. The summed E-state index contributed by atoms with van der Waals surface area (Å²) in [5, 5.41) is 2.44. The molecule has 30 heavy (non-hydrogen) atoms. The maximum absolute atomic E-state index is 12.2. The van der Waals surface area contributed by atoms with Crippen molar-refractivity contribution in [3.63, 3.8) is 0 Å². The van der Waals surface area contributed by atoms with Gasteiger partial charge in [0, 0.05) is 24.2 Å². The lowest BCUT2D eigenvalue weighted by atomic mass is 10.1. The zero-order chi connectivity index (χ0) is 21.5. The molecule has 0 bridgehead atoms. The summed E-state index contributed by atoms with van der Waals surface area (Å²) >= 11 is 0. The number of esters is 1. The number of ketones is 1. The summed E-state index contributed by atoms with van der Waals surface area (Å²) in [7, 11) is 1.45. The molecule has 1 aliphatic rings. The van der Waals surface area contributed by atoms with Crippen molar-refractivity contribution in [3.8, 4) is 5.75 Å². The highest BCUT2D eigenvalue weighted by molar-refractivity contribution is 6.00. The van der Waals surface area contributed by atoms with Gasteiger partial charge in [-0.25, -0.2) is 0 Å². The summed E-state index contributed by atoms with van der Waals surface area (Å²) in [6.45, 7) is -0.143. The summed E-state index contributed by atoms with van der Waals surface area (Å²) in [5.74, 6) is -1.14. The number of nitrogens with one attached hydrogen (secondary N) is 1. The summed E-state index contributed by atoms with van der Waals surface area (Å²) in [5.41, 5.74) is 1.40. The van der Waals surface area contributed by atoms with E-state index < -0.39 is 18.5 Å². The standard InChI is InChI=1S/C22H22N2O6/c1-29-19-6-3-2-5-17(19)22(28)23-13-21(27)30-14-18(25)15-8-10-16(11-9-15)24-12-4-7-20(24)26/h2-3,5-6,8-11H,4,7,12-14H2,1H3,(H,23,28). The van der Waals surface area contributed by atoms with Gasteiger partial charge in [-0.2, -0.15) is 0 Å². The van der Waals surface area contributed by atoms with E-state index in [2.05, 4.69) is 5.32 Å². The van der Waals surface area contributed by atoms with Crippen molar-refractivity contribution >= 4 is 29.3 Å². The van der Waals surface area contributed by atoms with Crippen LogP contribution in [0.3, 0.4) is 0 Å². The fourth-order valence-electron chi connectivity index (χ4n) is 3.11. The number of Topliss-reactive ketones (excluding diaryl/α,β-unsaturated/α-hetero) is 1. The van der Waals surface area contributed by atoms with Crippen molar-refractivity contribution < 1.29 is 28.7 Å². The maximum Gasteiger partial charge on any atom is 0.325 e. The van der Waals surface area contributed by atoms with Crippen molar-refractivity contribution in [1.29, 1.82) is 0 Å². The number of hydrogen-bond acceptors (Lipinski definition) is 6. The second-order valence-electron chi connectivity index (χ2n) is 6.66. The molecule has 1 fully saturated rings. The van der Waals surface area contributed by atoms with Crippen molar-refractivity contribution in [3.05, 3.63) is 59.7 Å². The average molecular weight is 410 g/mol. The van der Waals surface area contributed by atoms with Crippen LogP contribution in [0.2, 0.25) is 0 Å². The zero-order valence-corrected chi connectivity index (χ0v) is 16.6. The van der Waals surface area contributed by atoms with Crippen LogP contribution in [0.4, 0.5) is 5.69 Å². The molecule has 0 aliphatic carbocycles. The quantitative estimate of drug-likeness (QED) is 0.527. The number of carbonyl (C=O) groups is 4. The number of benzene rings is 2. The minimum atomic E-state index is -0.731. The highest BCUT2D eigenvalue weighted by Gasteiger charge is 2.22. The van der Waals surface area contributed by atoms with Gasteiger partial charge in [-0.1, -0.05) is 12.1 Å². The van der Waals surface area contributed by atoms with Crippen LogP contribution in [0.1, 0.15) is 33.6 Å². The Balaban J connectivity index is 1.47. The van der Waals surface area contributed by atoms with Gasteiger partial charge >= 0.3 is 5.97 Å². The van der Waals surface area contributed by atoms with Crippen LogP contribution >= 0.6 is 0 Å². The van der Waals surface area contributed by atoms with E-state index in [9.17, 15) is 19.2 Å². The number of para-hydroxylation sites is 1. The van der Waals surface area contributed by atoms with E-state index in [-0.39, 0.29) is 18.2 Å². The van der Waals surface area contributed by atoms with Gasteiger partial charge in [0.1, 0.15) is 12.3 Å². The number of nitrogens with zero attached hydrogens (tertiary/aromatic N) is 1. The van der Waals surface area contributed by atoms with E-state index in [1.165, 1.54) is 7.11 Å². The van der Waals surface area contributed by atoms with Gasteiger partial charge in [0.15, 0.2) is 12.4 Å². The third kappa shape index (κ3) is 5.02. The smallest absolute Gasteiger partial charge is 0.325 e. The fourth-order valence-corrected chi connectivity index (χ4v) is 3.11. The Morgan fingerprint density at radius 1 is 1.07 bits per heavy atom. The summed E-state index contributed by atoms with van der Waals surface area (Å²) in [6.07, 6.45) is 1.35. The van der Waals surface area contributed by atoms with E-state index >= 15 is 0 Å². The number of carbonyl (C=O) groups excluding carboxylic acids is 4. The Bertz CT molecular complexity index is 954. The molecule has 1 heterocycles. The topological polar surface area (TPSA) is 102 Å². The fraction of sp³-hybridized carbons (Fsp3) is 0.273. The number of amides is 2. The third-order valence-electron chi connectivity index (χ3n) is 4.68.